The van der Waals surface area contributed by atoms with E-state index in [9.17, 15) is 0 Å². The molecule has 0 atom stereocenters. The van der Waals surface area contributed by atoms with E-state index in [4.69, 9.17) is 0 Å². The van der Waals surface area contributed by atoms with Gasteiger partial charge in [-0.2, -0.15) is 0 Å². The Morgan fingerprint density at radius 2 is 0.512 bits per heavy atom. The van der Waals surface area contributed by atoms with Crippen LogP contribution in [0.5, 0.6) is 0 Å². The van der Waals surface area contributed by atoms with E-state index < -0.39 is 0 Å². The molecule has 0 fully saturated rings. The van der Waals surface area contributed by atoms with Crippen LogP contribution >= 0.6 is 11.3 Å². The first-order valence-electron chi connectivity index (χ1n) is 13.3. The van der Waals surface area contributed by atoms with Gasteiger partial charge in [0, 0.05) is 59.3 Å². The molecular formula is C36H24N4S. The van der Waals surface area contributed by atoms with Crippen LogP contribution in [0, 0.1) is 0 Å². The summed E-state index contributed by atoms with van der Waals surface area (Å²) in [6, 6.07) is 34.5. The van der Waals surface area contributed by atoms with E-state index in [1.165, 1.54) is 20.9 Å². The second-order valence-electron chi connectivity index (χ2n) is 9.71. The van der Waals surface area contributed by atoms with E-state index in [1.807, 2.05) is 49.6 Å². The monoisotopic (exact) mass is 544 g/mol. The summed E-state index contributed by atoms with van der Waals surface area (Å²) in [5.74, 6) is 0. The van der Waals surface area contributed by atoms with Crippen molar-refractivity contribution in [2.45, 2.75) is 0 Å². The summed E-state index contributed by atoms with van der Waals surface area (Å²) in [6.07, 6.45) is 14.7. The minimum atomic E-state index is 1.14. The van der Waals surface area contributed by atoms with E-state index in [0.29, 0.717) is 0 Å². The highest BCUT2D eigenvalue weighted by atomic mass is 32.1. The second-order valence-corrected chi connectivity index (χ2v) is 10.8. The van der Waals surface area contributed by atoms with Gasteiger partial charge in [0.15, 0.2) is 0 Å². The Bertz CT molecular complexity index is 1660. The van der Waals surface area contributed by atoms with Crippen LogP contribution in [0.4, 0.5) is 0 Å². The first kappa shape index (κ1) is 24.8. The zero-order valence-corrected chi connectivity index (χ0v) is 22.9. The molecule has 5 heteroatoms. The van der Waals surface area contributed by atoms with Gasteiger partial charge >= 0.3 is 0 Å². The molecule has 0 spiro atoms. The van der Waals surface area contributed by atoms with Crippen LogP contribution in [-0.2, 0) is 0 Å². The predicted molar refractivity (Wildman–Crippen MR) is 168 cm³/mol. The Morgan fingerprint density at radius 3 is 0.780 bits per heavy atom. The van der Waals surface area contributed by atoms with E-state index in [1.54, 1.807) is 11.3 Å². The van der Waals surface area contributed by atoms with Crippen LogP contribution in [-0.4, -0.2) is 19.9 Å². The number of benzene rings is 2. The van der Waals surface area contributed by atoms with E-state index in [0.717, 1.165) is 44.5 Å². The molecule has 5 aromatic heterocycles. The summed E-state index contributed by atoms with van der Waals surface area (Å²) >= 11 is 1.81. The van der Waals surface area contributed by atoms with Gasteiger partial charge in [0.1, 0.15) is 0 Å². The Balaban J connectivity index is 1.34. The second kappa shape index (κ2) is 11.1. The molecule has 194 valence electrons. The number of nitrogens with zero attached hydrogens (tertiary/aromatic N) is 4. The molecule has 4 nitrogen and oxygen atoms in total. The number of hydrogen-bond donors (Lipinski definition) is 0. The molecule has 0 aliphatic rings. The SMILES string of the molecule is c1cc(-c2cc(-c3ccncc3)cc(-c3ccc(-c4cc(-c5ccncc5)cc(-c5ccncc5)c4)s3)c2)ccn1. The Morgan fingerprint density at radius 1 is 0.268 bits per heavy atom. The lowest BCUT2D eigenvalue weighted by atomic mass is 9.96. The summed E-state index contributed by atoms with van der Waals surface area (Å²) in [5, 5.41) is 0. The highest BCUT2D eigenvalue weighted by molar-refractivity contribution is 7.18. The van der Waals surface area contributed by atoms with Crippen molar-refractivity contribution in [3.63, 3.8) is 0 Å². The third-order valence-electron chi connectivity index (χ3n) is 7.10. The Labute approximate surface area is 242 Å². The van der Waals surface area contributed by atoms with Gasteiger partial charge in [-0.15, -0.1) is 11.3 Å². The lowest BCUT2D eigenvalue weighted by Gasteiger charge is -2.11. The molecule has 0 bridgehead atoms. The van der Waals surface area contributed by atoms with Crippen LogP contribution in [0.2, 0.25) is 0 Å². The molecule has 5 heterocycles. The van der Waals surface area contributed by atoms with Crippen molar-refractivity contribution in [3.05, 3.63) is 147 Å². The first-order valence-corrected chi connectivity index (χ1v) is 14.1. The average molecular weight is 545 g/mol. The van der Waals surface area contributed by atoms with Gasteiger partial charge in [-0.3, -0.25) is 19.9 Å². The Hall–Kier alpha value is -5.26. The zero-order valence-electron chi connectivity index (χ0n) is 22.1. The van der Waals surface area contributed by atoms with Crippen molar-refractivity contribution in [1.29, 1.82) is 0 Å². The van der Waals surface area contributed by atoms with Gasteiger partial charge in [-0.1, -0.05) is 0 Å². The summed E-state index contributed by atoms with van der Waals surface area (Å²) in [5.41, 5.74) is 11.6. The number of pyridine rings is 4. The average Bonchev–Trinajstić information content (AvgIpc) is 3.57. The molecule has 0 radical (unpaired) electrons. The van der Waals surface area contributed by atoms with E-state index in [2.05, 4.69) is 117 Å². The smallest absolute Gasteiger partial charge is 0.0349 e. The fourth-order valence-corrected chi connectivity index (χ4v) is 6.01. The molecular weight excluding hydrogens is 520 g/mol. The quantitative estimate of drug-likeness (QED) is 0.209. The van der Waals surface area contributed by atoms with Crippen molar-refractivity contribution in [1.82, 2.24) is 19.9 Å². The van der Waals surface area contributed by atoms with Crippen LogP contribution in [0.25, 0.3) is 65.4 Å². The highest BCUT2D eigenvalue weighted by Gasteiger charge is 2.13. The van der Waals surface area contributed by atoms with E-state index >= 15 is 0 Å². The van der Waals surface area contributed by atoms with Crippen LogP contribution < -0.4 is 0 Å². The van der Waals surface area contributed by atoms with Gasteiger partial charge in [-0.25, -0.2) is 0 Å². The molecule has 0 saturated heterocycles. The molecule has 7 aromatic rings. The van der Waals surface area contributed by atoms with Crippen molar-refractivity contribution in [2.24, 2.45) is 0 Å². The van der Waals surface area contributed by atoms with Gasteiger partial charge < -0.3 is 0 Å². The highest BCUT2D eigenvalue weighted by Crippen LogP contribution is 2.40. The molecule has 0 saturated carbocycles. The molecule has 0 aliphatic carbocycles. The number of rotatable bonds is 6. The van der Waals surface area contributed by atoms with Crippen LogP contribution in [0.15, 0.2) is 147 Å². The molecule has 41 heavy (non-hydrogen) atoms. The molecule has 7 rings (SSSR count). The van der Waals surface area contributed by atoms with Gasteiger partial charge in [-0.05, 0) is 153 Å². The number of aromatic nitrogens is 4. The maximum atomic E-state index is 4.21. The summed E-state index contributed by atoms with van der Waals surface area (Å²) in [6.45, 7) is 0. The predicted octanol–water partition coefficient (Wildman–Crippen LogP) is 9.33. The molecule has 2 aromatic carbocycles. The lowest BCUT2D eigenvalue weighted by Crippen LogP contribution is -1.86. The first-order chi connectivity index (χ1) is 20.3. The maximum absolute atomic E-state index is 4.21. The standard InChI is InChI=1S/C36H24N4S/c1-2-36(34-23-31(27-7-15-39-16-8-27)20-32(24-34)28-9-17-40-18-10-28)41-35(1)33-21-29(25-3-11-37-12-4-25)19-30(22-33)26-5-13-38-14-6-26/h1-24H. The molecule has 0 N–H and O–H groups in total. The summed E-state index contributed by atoms with van der Waals surface area (Å²) < 4.78 is 0. The van der Waals surface area contributed by atoms with Gasteiger partial charge in [0.05, 0.1) is 0 Å². The lowest BCUT2D eigenvalue weighted by molar-refractivity contribution is 1.33. The zero-order chi connectivity index (χ0) is 27.4. The minimum Gasteiger partial charge on any atom is -0.265 e. The minimum absolute atomic E-state index is 1.14. The van der Waals surface area contributed by atoms with E-state index in [-0.39, 0.29) is 0 Å². The normalized spacial score (nSPS) is 10.9. The topological polar surface area (TPSA) is 51.6 Å². The molecule has 0 unspecified atom stereocenters. The maximum Gasteiger partial charge on any atom is 0.0349 e. The fraction of sp³-hybridized carbons (Fsp3) is 0. The number of thiophene rings is 1. The van der Waals surface area contributed by atoms with Crippen molar-refractivity contribution in [2.75, 3.05) is 0 Å². The van der Waals surface area contributed by atoms with Crippen LogP contribution in [0.1, 0.15) is 0 Å². The fourth-order valence-electron chi connectivity index (χ4n) is 5.03. The van der Waals surface area contributed by atoms with Gasteiger partial charge in [0.25, 0.3) is 0 Å². The largest absolute Gasteiger partial charge is 0.265 e. The van der Waals surface area contributed by atoms with Crippen molar-refractivity contribution >= 4 is 11.3 Å². The summed E-state index contributed by atoms with van der Waals surface area (Å²) in [7, 11) is 0. The third kappa shape index (κ3) is 5.31. The molecule has 0 aliphatic heterocycles. The van der Waals surface area contributed by atoms with Crippen molar-refractivity contribution < 1.29 is 0 Å². The van der Waals surface area contributed by atoms with Crippen molar-refractivity contribution in [3.8, 4) is 65.4 Å². The summed E-state index contributed by atoms with van der Waals surface area (Å²) in [4.78, 5) is 19.3. The van der Waals surface area contributed by atoms with Gasteiger partial charge in [0.2, 0.25) is 0 Å². The number of hydrogen-bond acceptors (Lipinski definition) is 5. The third-order valence-corrected chi connectivity index (χ3v) is 8.28. The van der Waals surface area contributed by atoms with Crippen LogP contribution in [0.3, 0.4) is 0 Å². The Kier molecular flexibility index (Phi) is 6.69. The molecule has 0 amide bonds.